The van der Waals surface area contributed by atoms with Gasteiger partial charge in [0.05, 0.1) is 16.7 Å². The van der Waals surface area contributed by atoms with E-state index in [1.54, 1.807) is 0 Å². The van der Waals surface area contributed by atoms with Crippen LogP contribution in [0.2, 0.25) is 0 Å². The number of carboxylic acid groups (broad SMARTS) is 1. The fraction of sp³-hybridized carbons (Fsp3) is 0.273. The molecule has 0 atom stereocenters. The van der Waals surface area contributed by atoms with Gasteiger partial charge in [0.15, 0.2) is 5.52 Å². The van der Waals surface area contributed by atoms with Crippen molar-refractivity contribution in [2.75, 3.05) is 0 Å². The van der Waals surface area contributed by atoms with Gasteiger partial charge in [-0.15, -0.1) is 0 Å². The summed E-state index contributed by atoms with van der Waals surface area (Å²) in [4.78, 5) is 33.4. The third-order valence-electron chi connectivity index (χ3n) is 2.76. The van der Waals surface area contributed by atoms with E-state index in [4.69, 9.17) is 5.11 Å². The molecule has 2 aromatic rings. The number of aliphatic carboxylic acids is 1. The average molecular weight is 310 g/mol. The Morgan fingerprint density at radius 3 is 2.62 bits per heavy atom. The zero-order valence-electron chi connectivity index (χ0n) is 11.0. The number of benzene rings is 1. The van der Waals surface area contributed by atoms with E-state index in [1.165, 1.54) is 19.9 Å². The number of amides is 1. The van der Waals surface area contributed by atoms with Gasteiger partial charge in [-0.3, -0.25) is 14.9 Å². The number of hydrogen-bond donors (Lipinski definition) is 2. The number of fused-ring (bicyclic) bond motifs is 1. The number of aromatic nitrogens is 2. The lowest BCUT2D eigenvalue weighted by Crippen LogP contribution is -2.49. The van der Waals surface area contributed by atoms with E-state index >= 15 is 0 Å². The lowest BCUT2D eigenvalue weighted by Gasteiger charge is -2.20. The summed E-state index contributed by atoms with van der Waals surface area (Å²) < 4.78 is 7.67. The highest BCUT2D eigenvalue weighted by atomic mass is 32.1. The standard InChI is InChI=1S/C11H10N4O5S/c1-11(2,10(17)18)12-9(16)5-3-6-8(14-21-13-6)7(4-5)15(19)20/h3-4H,1-2H3,(H,12,16)(H,17,18). The molecule has 9 nitrogen and oxygen atoms in total. The van der Waals surface area contributed by atoms with Crippen molar-refractivity contribution in [1.29, 1.82) is 0 Å². The average Bonchev–Trinajstić information content (AvgIpc) is 2.84. The molecule has 0 unspecified atom stereocenters. The van der Waals surface area contributed by atoms with Crippen molar-refractivity contribution in [3.63, 3.8) is 0 Å². The van der Waals surface area contributed by atoms with Crippen LogP contribution in [0.25, 0.3) is 11.0 Å². The zero-order valence-corrected chi connectivity index (χ0v) is 11.8. The van der Waals surface area contributed by atoms with Crippen LogP contribution in [-0.4, -0.2) is 36.2 Å². The number of nitro benzene ring substituents is 1. The van der Waals surface area contributed by atoms with E-state index < -0.39 is 22.3 Å². The van der Waals surface area contributed by atoms with Crippen molar-refractivity contribution < 1.29 is 19.6 Å². The Morgan fingerprint density at radius 1 is 1.38 bits per heavy atom. The molecule has 0 bridgehead atoms. The van der Waals surface area contributed by atoms with E-state index in [-0.39, 0.29) is 22.3 Å². The fourth-order valence-corrected chi connectivity index (χ4v) is 2.09. The molecule has 1 amide bonds. The van der Waals surface area contributed by atoms with Crippen LogP contribution in [0.5, 0.6) is 0 Å². The Bertz CT molecular complexity index is 754. The Morgan fingerprint density at radius 2 is 2.05 bits per heavy atom. The first kappa shape index (κ1) is 14.8. The first-order valence-corrected chi connectivity index (χ1v) is 6.42. The van der Waals surface area contributed by atoms with E-state index in [0.29, 0.717) is 0 Å². The predicted octanol–water partition coefficient (Wildman–Crippen LogP) is 1.19. The first-order valence-electron chi connectivity index (χ1n) is 5.69. The third-order valence-corrected chi connectivity index (χ3v) is 3.30. The van der Waals surface area contributed by atoms with Gasteiger partial charge in [-0.1, -0.05) is 0 Å². The molecular weight excluding hydrogens is 300 g/mol. The van der Waals surface area contributed by atoms with Crippen molar-refractivity contribution in [2.45, 2.75) is 19.4 Å². The Kier molecular flexibility index (Phi) is 3.56. The number of nitro groups is 1. The summed E-state index contributed by atoms with van der Waals surface area (Å²) >= 11 is 0.793. The topological polar surface area (TPSA) is 135 Å². The number of non-ortho nitro benzene ring substituents is 1. The van der Waals surface area contributed by atoms with Crippen LogP contribution in [0, 0.1) is 10.1 Å². The Labute approximate surface area is 122 Å². The minimum atomic E-state index is -1.50. The van der Waals surface area contributed by atoms with E-state index in [0.717, 1.165) is 17.8 Å². The van der Waals surface area contributed by atoms with Crippen molar-refractivity contribution in [1.82, 2.24) is 14.1 Å². The van der Waals surface area contributed by atoms with Crippen molar-refractivity contribution in [3.8, 4) is 0 Å². The Balaban J connectivity index is 2.45. The minimum absolute atomic E-state index is 0.0452. The van der Waals surface area contributed by atoms with Crippen LogP contribution < -0.4 is 5.32 Å². The molecule has 0 spiro atoms. The molecule has 0 fully saturated rings. The molecule has 21 heavy (non-hydrogen) atoms. The van der Waals surface area contributed by atoms with Crippen LogP contribution in [0.4, 0.5) is 5.69 Å². The van der Waals surface area contributed by atoms with Crippen molar-refractivity contribution >= 4 is 40.3 Å². The molecule has 0 aliphatic carbocycles. The highest BCUT2D eigenvalue weighted by Crippen LogP contribution is 2.26. The number of carboxylic acids is 1. The fourth-order valence-electron chi connectivity index (χ4n) is 1.55. The van der Waals surface area contributed by atoms with E-state index in [2.05, 4.69) is 14.1 Å². The summed E-state index contributed by atoms with van der Waals surface area (Å²) in [6, 6.07) is 2.39. The Hall–Kier alpha value is -2.62. The molecule has 0 saturated carbocycles. The number of carbonyl (C=O) groups excluding carboxylic acids is 1. The third kappa shape index (κ3) is 2.79. The van der Waals surface area contributed by atoms with Crippen molar-refractivity contribution in [2.24, 2.45) is 0 Å². The highest BCUT2D eigenvalue weighted by molar-refractivity contribution is 7.00. The quantitative estimate of drug-likeness (QED) is 0.639. The second-order valence-corrected chi connectivity index (χ2v) is 5.30. The maximum atomic E-state index is 12.1. The molecule has 1 aromatic carbocycles. The minimum Gasteiger partial charge on any atom is -0.480 e. The summed E-state index contributed by atoms with van der Waals surface area (Å²) in [5.41, 5.74) is -1.58. The predicted molar refractivity (Wildman–Crippen MR) is 73.3 cm³/mol. The van der Waals surface area contributed by atoms with Gasteiger partial charge < -0.3 is 10.4 Å². The number of carbonyl (C=O) groups is 2. The van der Waals surface area contributed by atoms with E-state index in [1.807, 2.05) is 0 Å². The molecular formula is C11H10N4O5S. The summed E-state index contributed by atoms with van der Waals surface area (Å²) in [5, 5.41) is 22.3. The number of hydrogen-bond acceptors (Lipinski definition) is 7. The van der Waals surface area contributed by atoms with Gasteiger partial charge in [0.25, 0.3) is 11.6 Å². The maximum Gasteiger partial charge on any atom is 0.328 e. The largest absolute Gasteiger partial charge is 0.480 e. The first-order chi connectivity index (χ1) is 9.72. The van der Waals surface area contributed by atoms with Gasteiger partial charge in [-0.2, -0.15) is 8.75 Å². The van der Waals surface area contributed by atoms with Crippen molar-refractivity contribution in [3.05, 3.63) is 27.8 Å². The van der Waals surface area contributed by atoms with Crippen LogP contribution in [-0.2, 0) is 4.79 Å². The summed E-state index contributed by atoms with van der Waals surface area (Å²) in [7, 11) is 0. The molecule has 1 heterocycles. The monoisotopic (exact) mass is 310 g/mol. The molecule has 0 aliphatic rings. The number of nitrogens with one attached hydrogen (secondary N) is 1. The number of nitrogens with zero attached hydrogens (tertiary/aromatic N) is 3. The molecule has 0 aliphatic heterocycles. The number of rotatable bonds is 4. The summed E-state index contributed by atoms with van der Waals surface area (Å²) in [6.07, 6.45) is 0. The van der Waals surface area contributed by atoms with Gasteiger partial charge in [0.2, 0.25) is 0 Å². The molecule has 2 rings (SSSR count). The smallest absolute Gasteiger partial charge is 0.328 e. The van der Waals surface area contributed by atoms with Crippen LogP contribution in [0.3, 0.4) is 0 Å². The van der Waals surface area contributed by atoms with Crippen LogP contribution in [0.15, 0.2) is 12.1 Å². The maximum absolute atomic E-state index is 12.1. The van der Waals surface area contributed by atoms with Gasteiger partial charge >= 0.3 is 5.97 Å². The molecule has 10 heteroatoms. The van der Waals surface area contributed by atoms with Gasteiger partial charge in [0.1, 0.15) is 11.1 Å². The van der Waals surface area contributed by atoms with Crippen LogP contribution in [0.1, 0.15) is 24.2 Å². The molecule has 110 valence electrons. The lowest BCUT2D eigenvalue weighted by atomic mass is 10.0. The highest BCUT2D eigenvalue weighted by Gasteiger charge is 2.30. The second kappa shape index (κ2) is 5.05. The van der Waals surface area contributed by atoms with Gasteiger partial charge in [-0.25, -0.2) is 4.79 Å². The molecule has 1 aromatic heterocycles. The van der Waals surface area contributed by atoms with E-state index in [9.17, 15) is 19.7 Å². The van der Waals surface area contributed by atoms with Gasteiger partial charge in [0, 0.05) is 11.6 Å². The summed E-state index contributed by atoms with van der Waals surface area (Å²) in [6.45, 7) is 2.62. The second-order valence-electron chi connectivity index (χ2n) is 4.77. The van der Waals surface area contributed by atoms with Crippen LogP contribution >= 0.6 is 11.7 Å². The molecule has 2 N–H and O–H groups in total. The SMILES string of the molecule is CC(C)(NC(=O)c1cc([N+](=O)[O-])c2nsnc2c1)C(=O)O. The lowest BCUT2D eigenvalue weighted by molar-refractivity contribution is -0.383. The molecule has 0 saturated heterocycles. The molecule has 0 radical (unpaired) electrons. The zero-order chi connectivity index (χ0) is 15.8. The normalized spacial score (nSPS) is 11.3. The summed E-state index contributed by atoms with van der Waals surface area (Å²) in [5.74, 6) is -1.96. The van der Waals surface area contributed by atoms with Gasteiger partial charge in [-0.05, 0) is 19.9 Å².